The van der Waals surface area contributed by atoms with E-state index in [1.54, 1.807) is 26.8 Å². The highest BCUT2D eigenvalue weighted by Crippen LogP contribution is 2.44. The molecule has 3 N–H and O–H groups in total. The molecule has 0 aliphatic heterocycles. The van der Waals surface area contributed by atoms with Gasteiger partial charge in [0.25, 0.3) is 0 Å². The van der Waals surface area contributed by atoms with Gasteiger partial charge in [0.05, 0.1) is 10.3 Å². The van der Waals surface area contributed by atoms with Crippen LogP contribution in [0.15, 0.2) is 29.2 Å². The molecule has 1 aliphatic carbocycles. The Bertz CT molecular complexity index is 776. The summed E-state index contributed by atoms with van der Waals surface area (Å²) < 4.78 is 27.3. The number of hydrogen-bond acceptors (Lipinski definition) is 4. The zero-order valence-corrected chi connectivity index (χ0v) is 15.4. The maximum Gasteiger partial charge on any atom is 0.310 e. The fourth-order valence-corrected chi connectivity index (χ4v) is 4.25. The molecule has 1 saturated carbocycles. The maximum atomic E-state index is 12.4. The lowest BCUT2D eigenvalue weighted by Gasteiger charge is -2.36. The van der Waals surface area contributed by atoms with E-state index in [4.69, 9.17) is 0 Å². The van der Waals surface area contributed by atoms with Gasteiger partial charge in [0.15, 0.2) is 0 Å². The summed E-state index contributed by atoms with van der Waals surface area (Å²) in [6, 6.07) is 5.90. The van der Waals surface area contributed by atoms with Crippen LogP contribution in [-0.2, 0) is 19.6 Å². The van der Waals surface area contributed by atoms with E-state index in [-0.39, 0.29) is 11.3 Å². The number of nitrogens with one attached hydrogen (secondary N) is 2. The summed E-state index contributed by atoms with van der Waals surface area (Å²) in [6.45, 7) is 5.21. The summed E-state index contributed by atoms with van der Waals surface area (Å²) in [5, 5.41) is 11.9. The van der Waals surface area contributed by atoms with Gasteiger partial charge in [0.1, 0.15) is 0 Å². The summed E-state index contributed by atoms with van der Waals surface area (Å²) in [7, 11) is -3.71. The van der Waals surface area contributed by atoms with E-state index in [9.17, 15) is 23.1 Å². The Kier molecular flexibility index (Phi) is 5.24. The van der Waals surface area contributed by atoms with E-state index in [2.05, 4.69) is 10.0 Å². The van der Waals surface area contributed by atoms with Crippen molar-refractivity contribution in [3.8, 4) is 0 Å². The SMILES string of the molecule is CC(C)(C)NS(=O)(=O)c1cccc(NC(=O)CC2(C(=O)O)CCC2)c1. The van der Waals surface area contributed by atoms with E-state index < -0.39 is 32.9 Å². The molecule has 0 unspecified atom stereocenters. The van der Waals surface area contributed by atoms with Crippen molar-refractivity contribution in [2.45, 2.75) is 56.9 Å². The molecular formula is C17H24N2O5S. The van der Waals surface area contributed by atoms with Gasteiger partial charge in [0.2, 0.25) is 15.9 Å². The predicted molar refractivity (Wildman–Crippen MR) is 93.7 cm³/mol. The van der Waals surface area contributed by atoms with E-state index >= 15 is 0 Å². The van der Waals surface area contributed by atoms with E-state index in [1.165, 1.54) is 18.2 Å². The summed E-state index contributed by atoms with van der Waals surface area (Å²) in [6.07, 6.45) is 1.66. The molecule has 1 aromatic carbocycles. The molecule has 1 aliphatic rings. The number of amides is 1. The Hall–Kier alpha value is -1.93. The number of aliphatic carboxylic acids is 1. The van der Waals surface area contributed by atoms with Gasteiger partial charge in [0, 0.05) is 17.6 Å². The monoisotopic (exact) mass is 368 g/mol. The third-order valence-electron chi connectivity index (χ3n) is 4.13. The van der Waals surface area contributed by atoms with E-state index in [0.717, 1.165) is 6.42 Å². The van der Waals surface area contributed by atoms with Gasteiger partial charge in [-0.15, -0.1) is 0 Å². The lowest BCUT2D eigenvalue weighted by molar-refractivity contribution is -0.157. The normalized spacial score (nSPS) is 16.8. The Morgan fingerprint density at radius 3 is 2.36 bits per heavy atom. The summed E-state index contributed by atoms with van der Waals surface area (Å²) >= 11 is 0. The number of carbonyl (C=O) groups excluding carboxylic acids is 1. The molecule has 1 aromatic rings. The van der Waals surface area contributed by atoms with Gasteiger partial charge in [-0.25, -0.2) is 13.1 Å². The molecule has 2 rings (SSSR count). The third-order valence-corrected chi connectivity index (χ3v) is 5.89. The molecule has 7 nitrogen and oxygen atoms in total. The van der Waals surface area contributed by atoms with Crippen molar-refractivity contribution < 1.29 is 23.1 Å². The highest BCUT2D eigenvalue weighted by Gasteiger charge is 2.45. The van der Waals surface area contributed by atoms with Crippen LogP contribution in [0.4, 0.5) is 5.69 Å². The first-order chi connectivity index (χ1) is 11.4. The fraction of sp³-hybridized carbons (Fsp3) is 0.529. The molecule has 0 radical (unpaired) electrons. The average molecular weight is 368 g/mol. The molecule has 1 fully saturated rings. The molecule has 0 heterocycles. The van der Waals surface area contributed by atoms with Crippen molar-refractivity contribution in [3.63, 3.8) is 0 Å². The number of carbonyl (C=O) groups is 2. The molecular weight excluding hydrogens is 344 g/mol. The van der Waals surface area contributed by atoms with Crippen LogP contribution in [0.2, 0.25) is 0 Å². The number of anilines is 1. The highest BCUT2D eigenvalue weighted by molar-refractivity contribution is 7.89. The number of hydrogen-bond donors (Lipinski definition) is 3. The van der Waals surface area contributed by atoms with Crippen LogP contribution in [0.3, 0.4) is 0 Å². The molecule has 0 atom stereocenters. The molecule has 1 amide bonds. The number of carboxylic acids is 1. The van der Waals surface area contributed by atoms with Crippen LogP contribution in [0.5, 0.6) is 0 Å². The van der Waals surface area contributed by atoms with Gasteiger partial charge in [-0.1, -0.05) is 12.5 Å². The van der Waals surface area contributed by atoms with Crippen molar-refractivity contribution in [2.24, 2.45) is 5.41 Å². The van der Waals surface area contributed by atoms with Crippen LogP contribution in [0.1, 0.15) is 46.5 Å². The highest BCUT2D eigenvalue weighted by atomic mass is 32.2. The van der Waals surface area contributed by atoms with Gasteiger partial charge >= 0.3 is 5.97 Å². The second-order valence-corrected chi connectivity index (χ2v) is 9.23. The predicted octanol–water partition coefficient (Wildman–Crippen LogP) is 2.35. The van der Waals surface area contributed by atoms with Gasteiger partial charge in [-0.2, -0.15) is 0 Å². The Morgan fingerprint density at radius 1 is 1.24 bits per heavy atom. The molecule has 0 saturated heterocycles. The van der Waals surface area contributed by atoms with Crippen molar-refractivity contribution in [1.29, 1.82) is 0 Å². The number of sulfonamides is 1. The lowest BCUT2D eigenvalue weighted by atomic mass is 9.66. The summed E-state index contributed by atoms with van der Waals surface area (Å²) in [4.78, 5) is 23.6. The van der Waals surface area contributed by atoms with E-state index in [1.807, 2.05) is 0 Å². The van der Waals surface area contributed by atoms with Crippen molar-refractivity contribution >= 4 is 27.6 Å². The number of benzene rings is 1. The largest absolute Gasteiger partial charge is 0.481 e. The average Bonchev–Trinajstić information content (AvgIpc) is 2.40. The Morgan fingerprint density at radius 2 is 1.88 bits per heavy atom. The van der Waals surface area contributed by atoms with Crippen LogP contribution in [0.25, 0.3) is 0 Å². The maximum absolute atomic E-state index is 12.4. The first-order valence-electron chi connectivity index (χ1n) is 8.11. The molecule has 0 spiro atoms. The van der Waals surface area contributed by atoms with Crippen LogP contribution in [0, 0.1) is 5.41 Å². The number of carboxylic acid groups (broad SMARTS) is 1. The molecule has 138 valence electrons. The summed E-state index contributed by atoms with van der Waals surface area (Å²) in [5.41, 5.74) is -1.29. The minimum Gasteiger partial charge on any atom is -0.481 e. The smallest absolute Gasteiger partial charge is 0.310 e. The first kappa shape index (κ1) is 19.4. The fourth-order valence-electron chi connectivity index (χ4n) is 2.79. The minimum atomic E-state index is -3.71. The zero-order valence-electron chi connectivity index (χ0n) is 14.6. The standard InChI is InChI=1S/C17H24N2O5S/c1-16(2,3)19-25(23,24)13-7-4-6-12(10-13)18-14(20)11-17(15(21)22)8-5-9-17/h4,6-7,10,19H,5,8-9,11H2,1-3H3,(H,18,20)(H,21,22). The quantitative estimate of drug-likeness (QED) is 0.713. The molecule has 8 heteroatoms. The lowest BCUT2D eigenvalue weighted by Crippen LogP contribution is -2.41. The van der Waals surface area contributed by atoms with Gasteiger partial charge < -0.3 is 10.4 Å². The second-order valence-electron chi connectivity index (χ2n) is 7.55. The van der Waals surface area contributed by atoms with Gasteiger partial charge in [-0.3, -0.25) is 9.59 Å². The van der Waals surface area contributed by atoms with Gasteiger partial charge in [-0.05, 0) is 51.8 Å². The van der Waals surface area contributed by atoms with Crippen LogP contribution >= 0.6 is 0 Å². The minimum absolute atomic E-state index is 0.0387. The summed E-state index contributed by atoms with van der Waals surface area (Å²) in [5.74, 6) is -1.39. The van der Waals surface area contributed by atoms with E-state index in [0.29, 0.717) is 18.5 Å². The molecule has 25 heavy (non-hydrogen) atoms. The topological polar surface area (TPSA) is 113 Å². The van der Waals surface area contributed by atoms with Crippen molar-refractivity contribution in [2.75, 3.05) is 5.32 Å². The Balaban J connectivity index is 2.11. The van der Waals surface area contributed by atoms with Crippen molar-refractivity contribution in [1.82, 2.24) is 4.72 Å². The number of rotatable bonds is 6. The third kappa shape index (κ3) is 4.79. The van der Waals surface area contributed by atoms with Crippen LogP contribution < -0.4 is 10.0 Å². The van der Waals surface area contributed by atoms with Crippen LogP contribution in [-0.4, -0.2) is 30.9 Å². The molecule has 0 bridgehead atoms. The van der Waals surface area contributed by atoms with Crippen molar-refractivity contribution in [3.05, 3.63) is 24.3 Å². The zero-order chi connectivity index (χ0) is 18.9. The second kappa shape index (κ2) is 6.76. The first-order valence-corrected chi connectivity index (χ1v) is 9.59. The Labute approximate surface area is 147 Å². The molecule has 0 aromatic heterocycles.